The zero-order chi connectivity index (χ0) is 18.2. The number of methoxy groups -OCH3 is 1. The van der Waals surface area contributed by atoms with Crippen molar-refractivity contribution in [3.05, 3.63) is 24.3 Å². The molecule has 134 valence electrons. The van der Waals surface area contributed by atoms with Crippen molar-refractivity contribution >= 4 is 29.2 Å². The summed E-state index contributed by atoms with van der Waals surface area (Å²) >= 11 is 0. The number of amides is 4. The summed E-state index contributed by atoms with van der Waals surface area (Å²) in [6.45, 7) is 3.86. The molecule has 0 radical (unpaired) electrons. The number of ether oxygens (including phenoxy) is 1. The van der Waals surface area contributed by atoms with Crippen LogP contribution in [0.3, 0.4) is 0 Å². The molecule has 1 heterocycles. The first kappa shape index (κ1) is 17.4. The highest BCUT2D eigenvalue weighted by molar-refractivity contribution is 6.23. The lowest BCUT2D eigenvalue weighted by molar-refractivity contribution is -0.122. The number of rotatable bonds is 6. The van der Waals surface area contributed by atoms with Crippen LogP contribution in [0.25, 0.3) is 0 Å². The molecule has 2 aliphatic rings. The fourth-order valence-electron chi connectivity index (χ4n) is 3.14. The van der Waals surface area contributed by atoms with Gasteiger partial charge in [0.25, 0.3) is 5.91 Å². The molecule has 4 amide bonds. The molecule has 2 atom stereocenters. The first-order valence-corrected chi connectivity index (χ1v) is 8.43. The lowest BCUT2D eigenvalue weighted by Gasteiger charge is -2.21. The number of hydrogen-bond donors (Lipinski definition) is 2. The van der Waals surface area contributed by atoms with E-state index >= 15 is 0 Å². The van der Waals surface area contributed by atoms with Gasteiger partial charge in [0.05, 0.1) is 18.2 Å². The quantitative estimate of drug-likeness (QED) is 0.773. The highest BCUT2D eigenvalue weighted by atomic mass is 16.5. The van der Waals surface area contributed by atoms with Crippen molar-refractivity contribution in [3.63, 3.8) is 0 Å². The van der Waals surface area contributed by atoms with E-state index in [1.54, 1.807) is 45.2 Å². The Morgan fingerprint density at radius 2 is 2.16 bits per heavy atom. The zero-order valence-electron chi connectivity index (χ0n) is 14.7. The van der Waals surface area contributed by atoms with E-state index in [-0.39, 0.29) is 23.7 Å². The van der Waals surface area contributed by atoms with Gasteiger partial charge in [-0.2, -0.15) is 0 Å². The molecule has 1 aromatic rings. The number of carbonyl (C=O) groups excluding carboxylic acids is 3. The number of nitrogens with one attached hydrogen (secondary N) is 2. The molecule has 2 fully saturated rings. The Bertz CT molecular complexity index is 716. The third-order valence-electron chi connectivity index (χ3n) is 4.85. The highest BCUT2D eigenvalue weighted by Gasteiger charge is 2.56. The molecule has 0 spiro atoms. The van der Waals surface area contributed by atoms with Crippen LogP contribution < -0.4 is 15.5 Å². The molecule has 2 N–H and O–H groups in total. The summed E-state index contributed by atoms with van der Waals surface area (Å²) in [4.78, 5) is 38.4. The molecule has 1 saturated heterocycles. The van der Waals surface area contributed by atoms with Crippen LogP contribution in [0.4, 0.5) is 16.2 Å². The van der Waals surface area contributed by atoms with Gasteiger partial charge < -0.3 is 15.4 Å². The standard InChI is InChI=1S/C18H23N3O4/c1-11(10-25-3)15(22)19-13-5-4-6-14(9-13)21-16(23)18(2,12-7-8-12)20-17(21)24/h4-6,9,11-12H,7-8,10H2,1-3H3,(H,19,22)(H,20,24)/t11-,18+/m0/s1. The molecule has 0 unspecified atom stereocenters. The van der Waals surface area contributed by atoms with Gasteiger partial charge in [0.15, 0.2) is 0 Å². The van der Waals surface area contributed by atoms with Gasteiger partial charge in [-0.3, -0.25) is 9.59 Å². The predicted octanol–water partition coefficient (Wildman–Crippen LogP) is 2.13. The third-order valence-corrected chi connectivity index (χ3v) is 4.85. The van der Waals surface area contributed by atoms with Crippen LogP contribution in [-0.2, 0) is 14.3 Å². The molecule has 0 aromatic heterocycles. The van der Waals surface area contributed by atoms with E-state index in [4.69, 9.17) is 4.74 Å². The van der Waals surface area contributed by atoms with Crippen LogP contribution in [0, 0.1) is 11.8 Å². The molecule has 1 aliphatic carbocycles. The van der Waals surface area contributed by atoms with Gasteiger partial charge in [0.1, 0.15) is 5.54 Å². The second-order valence-corrected chi connectivity index (χ2v) is 6.94. The van der Waals surface area contributed by atoms with Gasteiger partial charge in [-0.15, -0.1) is 0 Å². The highest BCUT2D eigenvalue weighted by Crippen LogP contribution is 2.43. The zero-order valence-corrected chi connectivity index (χ0v) is 14.7. The summed E-state index contributed by atoms with van der Waals surface area (Å²) in [5, 5.41) is 5.61. The molecule has 25 heavy (non-hydrogen) atoms. The van der Waals surface area contributed by atoms with Crippen molar-refractivity contribution in [2.45, 2.75) is 32.2 Å². The maximum Gasteiger partial charge on any atom is 0.329 e. The second kappa shape index (κ2) is 6.48. The molecule has 0 bridgehead atoms. The Morgan fingerprint density at radius 3 is 2.80 bits per heavy atom. The van der Waals surface area contributed by atoms with Gasteiger partial charge in [0, 0.05) is 12.8 Å². The largest absolute Gasteiger partial charge is 0.384 e. The smallest absolute Gasteiger partial charge is 0.329 e. The van der Waals surface area contributed by atoms with Crippen LogP contribution in [0.1, 0.15) is 26.7 Å². The van der Waals surface area contributed by atoms with E-state index in [1.807, 2.05) is 0 Å². The average molecular weight is 345 g/mol. The third kappa shape index (κ3) is 3.24. The van der Waals surface area contributed by atoms with E-state index in [9.17, 15) is 14.4 Å². The molecular weight excluding hydrogens is 322 g/mol. The van der Waals surface area contributed by atoms with E-state index < -0.39 is 11.6 Å². The van der Waals surface area contributed by atoms with Crippen molar-refractivity contribution in [3.8, 4) is 0 Å². The molecule has 1 aromatic carbocycles. The summed E-state index contributed by atoms with van der Waals surface area (Å²) in [6, 6.07) is 6.33. The summed E-state index contributed by atoms with van der Waals surface area (Å²) < 4.78 is 4.98. The first-order valence-electron chi connectivity index (χ1n) is 8.43. The molecule has 3 rings (SSSR count). The minimum Gasteiger partial charge on any atom is -0.384 e. The number of imide groups is 1. The van der Waals surface area contributed by atoms with Crippen LogP contribution in [0.5, 0.6) is 0 Å². The number of anilines is 2. The van der Waals surface area contributed by atoms with Crippen molar-refractivity contribution in [2.24, 2.45) is 11.8 Å². The van der Waals surface area contributed by atoms with Crippen LogP contribution in [0.2, 0.25) is 0 Å². The lowest BCUT2D eigenvalue weighted by atomic mass is 9.96. The number of benzene rings is 1. The first-order chi connectivity index (χ1) is 11.9. The van der Waals surface area contributed by atoms with Crippen LogP contribution in [-0.4, -0.2) is 37.1 Å². The van der Waals surface area contributed by atoms with Gasteiger partial charge in [-0.25, -0.2) is 9.69 Å². The predicted molar refractivity (Wildman–Crippen MR) is 93.3 cm³/mol. The van der Waals surface area contributed by atoms with Crippen LogP contribution in [0.15, 0.2) is 24.3 Å². The Hall–Kier alpha value is -2.41. The van der Waals surface area contributed by atoms with Crippen molar-refractivity contribution in [1.82, 2.24) is 5.32 Å². The number of urea groups is 1. The molecule has 1 aliphatic heterocycles. The molecule has 7 nitrogen and oxygen atoms in total. The summed E-state index contributed by atoms with van der Waals surface area (Å²) in [6.07, 6.45) is 1.90. The maximum absolute atomic E-state index is 12.8. The Balaban J connectivity index is 1.78. The minimum absolute atomic E-state index is 0.181. The van der Waals surface area contributed by atoms with Crippen molar-refractivity contribution in [2.75, 3.05) is 23.9 Å². The van der Waals surface area contributed by atoms with Crippen molar-refractivity contribution < 1.29 is 19.1 Å². The lowest BCUT2D eigenvalue weighted by Crippen LogP contribution is -2.46. The van der Waals surface area contributed by atoms with Crippen molar-refractivity contribution in [1.29, 1.82) is 0 Å². The topological polar surface area (TPSA) is 87.7 Å². The number of nitrogens with zero attached hydrogens (tertiary/aromatic N) is 1. The summed E-state index contributed by atoms with van der Waals surface area (Å²) in [7, 11) is 1.54. The van der Waals surface area contributed by atoms with Gasteiger partial charge >= 0.3 is 6.03 Å². The number of hydrogen-bond acceptors (Lipinski definition) is 4. The SMILES string of the molecule is COC[C@H](C)C(=O)Nc1cccc(N2C(=O)N[C@](C)(C3CC3)C2=O)c1. The average Bonchev–Trinajstić information content (AvgIpc) is 3.37. The number of carbonyl (C=O) groups is 3. The normalized spacial score (nSPS) is 24.2. The van der Waals surface area contributed by atoms with Gasteiger partial charge in [0.2, 0.25) is 5.91 Å². The monoisotopic (exact) mass is 345 g/mol. The Morgan fingerprint density at radius 1 is 1.44 bits per heavy atom. The van der Waals surface area contributed by atoms with Crippen LogP contribution >= 0.6 is 0 Å². The van der Waals surface area contributed by atoms with E-state index in [0.717, 1.165) is 17.7 Å². The van der Waals surface area contributed by atoms with E-state index in [1.165, 1.54) is 0 Å². The fourth-order valence-corrected chi connectivity index (χ4v) is 3.14. The Labute approximate surface area is 146 Å². The minimum atomic E-state index is -0.830. The van der Waals surface area contributed by atoms with Gasteiger partial charge in [-0.05, 0) is 43.9 Å². The van der Waals surface area contributed by atoms with E-state index in [0.29, 0.717) is 18.0 Å². The second-order valence-electron chi connectivity index (χ2n) is 6.94. The van der Waals surface area contributed by atoms with Gasteiger partial charge in [-0.1, -0.05) is 13.0 Å². The van der Waals surface area contributed by atoms with E-state index in [2.05, 4.69) is 10.6 Å². The molecule has 7 heteroatoms. The molecular formula is C18H23N3O4. The Kier molecular flexibility index (Phi) is 4.51. The molecule has 1 saturated carbocycles. The summed E-state index contributed by atoms with van der Waals surface area (Å²) in [5.41, 5.74) is 0.152. The maximum atomic E-state index is 12.8. The fraction of sp³-hybridized carbons (Fsp3) is 0.500. The summed E-state index contributed by atoms with van der Waals surface area (Å²) in [5.74, 6) is -0.523.